The van der Waals surface area contributed by atoms with Crippen LogP contribution >= 0.6 is 0 Å². The number of rotatable bonds is 5. The van der Waals surface area contributed by atoms with Crippen molar-refractivity contribution in [3.8, 4) is 0 Å². The van der Waals surface area contributed by atoms with Crippen molar-refractivity contribution in [3.63, 3.8) is 0 Å². The Morgan fingerprint density at radius 3 is 2.35 bits per heavy atom. The Hall–Kier alpha value is -1.08. The maximum atomic E-state index is 6.31. The largest absolute Gasteiger partial charge is 0.377 e. The summed E-state index contributed by atoms with van der Waals surface area (Å²) in [5, 5.41) is 0. The average Bonchev–Trinajstić information content (AvgIpc) is 2.63. The first kappa shape index (κ1) is 16.8. The van der Waals surface area contributed by atoms with E-state index >= 15 is 0 Å². The third-order valence-electron chi connectivity index (χ3n) is 5.98. The Bertz CT molecular complexity index is 473. The van der Waals surface area contributed by atoms with Gasteiger partial charge in [0.25, 0.3) is 0 Å². The van der Waals surface area contributed by atoms with Gasteiger partial charge in [-0.2, -0.15) is 0 Å². The molecule has 0 bridgehead atoms. The summed E-state index contributed by atoms with van der Waals surface area (Å²) in [5.41, 5.74) is 2.93. The van der Waals surface area contributed by atoms with Crippen molar-refractivity contribution < 1.29 is 4.74 Å². The molecule has 3 rings (SSSR count). The number of benzene rings is 1. The molecule has 0 spiro atoms. The van der Waals surface area contributed by atoms with Gasteiger partial charge in [-0.25, -0.2) is 0 Å². The van der Waals surface area contributed by atoms with Gasteiger partial charge in [-0.1, -0.05) is 43.7 Å². The van der Waals surface area contributed by atoms with E-state index < -0.39 is 0 Å². The molecule has 1 aromatic carbocycles. The molecule has 23 heavy (non-hydrogen) atoms. The zero-order valence-electron chi connectivity index (χ0n) is 14.7. The monoisotopic (exact) mass is 312 g/mol. The molecular formula is C22H32O. The van der Waals surface area contributed by atoms with Crippen LogP contribution in [-0.4, -0.2) is 12.7 Å². The van der Waals surface area contributed by atoms with Gasteiger partial charge in [-0.15, -0.1) is 6.58 Å². The molecule has 126 valence electrons. The Labute approximate surface area is 142 Å². The molecule has 0 aromatic heterocycles. The van der Waals surface area contributed by atoms with Gasteiger partial charge in [0.1, 0.15) is 0 Å². The Morgan fingerprint density at radius 1 is 1.04 bits per heavy atom. The van der Waals surface area contributed by atoms with Gasteiger partial charge < -0.3 is 4.74 Å². The summed E-state index contributed by atoms with van der Waals surface area (Å²) >= 11 is 0. The van der Waals surface area contributed by atoms with Crippen LogP contribution in [0, 0.1) is 11.8 Å². The van der Waals surface area contributed by atoms with Crippen molar-refractivity contribution >= 4 is 0 Å². The molecule has 1 heterocycles. The van der Waals surface area contributed by atoms with Crippen LogP contribution < -0.4 is 0 Å². The van der Waals surface area contributed by atoms with Crippen LogP contribution in [-0.2, 0) is 11.2 Å². The van der Waals surface area contributed by atoms with Crippen molar-refractivity contribution in [2.24, 2.45) is 11.8 Å². The molecule has 1 nitrogen and oxygen atoms in total. The van der Waals surface area contributed by atoms with Crippen molar-refractivity contribution in [2.45, 2.75) is 70.3 Å². The topological polar surface area (TPSA) is 9.23 Å². The molecule has 1 saturated heterocycles. The molecule has 2 unspecified atom stereocenters. The molecule has 1 aliphatic carbocycles. The molecule has 0 amide bonds. The fraction of sp³-hybridized carbons (Fsp3) is 0.636. The smallest absolute Gasteiger partial charge is 0.0603 e. The molecule has 2 atom stereocenters. The van der Waals surface area contributed by atoms with Crippen LogP contribution in [0.1, 0.15) is 68.9 Å². The van der Waals surface area contributed by atoms with E-state index in [0.29, 0.717) is 12.0 Å². The van der Waals surface area contributed by atoms with Crippen LogP contribution in [0.3, 0.4) is 0 Å². The quantitative estimate of drug-likeness (QED) is 0.616. The second kappa shape index (κ2) is 8.15. The lowest BCUT2D eigenvalue weighted by molar-refractivity contribution is -0.0419. The van der Waals surface area contributed by atoms with E-state index in [0.717, 1.165) is 18.4 Å². The number of ether oxygens (including phenoxy) is 1. The van der Waals surface area contributed by atoms with Gasteiger partial charge in [0.15, 0.2) is 0 Å². The van der Waals surface area contributed by atoms with Gasteiger partial charge in [-0.3, -0.25) is 0 Å². The van der Waals surface area contributed by atoms with Gasteiger partial charge in [0.05, 0.1) is 12.7 Å². The number of hydrogen-bond donors (Lipinski definition) is 0. The Kier molecular flexibility index (Phi) is 5.94. The Morgan fingerprint density at radius 2 is 1.78 bits per heavy atom. The molecule has 1 aliphatic heterocycles. The van der Waals surface area contributed by atoms with Crippen LogP contribution in [0.4, 0.5) is 0 Å². The number of aryl methyl sites for hydroxylation is 1. The van der Waals surface area contributed by atoms with E-state index in [2.05, 4.69) is 43.8 Å². The number of hydrogen-bond acceptors (Lipinski definition) is 1. The van der Waals surface area contributed by atoms with E-state index in [4.69, 9.17) is 4.74 Å². The summed E-state index contributed by atoms with van der Waals surface area (Å²) in [5.74, 6) is 2.15. The van der Waals surface area contributed by atoms with Crippen LogP contribution in [0.15, 0.2) is 36.9 Å². The molecular weight excluding hydrogens is 280 g/mol. The van der Waals surface area contributed by atoms with Crippen LogP contribution in [0.25, 0.3) is 0 Å². The first-order valence-electron chi connectivity index (χ1n) is 9.63. The second-order valence-electron chi connectivity index (χ2n) is 7.55. The normalized spacial score (nSPS) is 31.7. The van der Waals surface area contributed by atoms with Gasteiger partial charge in [0, 0.05) is 5.92 Å². The van der Waals surface area contributed by atoms with Crippen molar-refractivity contribution in [1.82, 2.24) is 0 Å². The maximum absolute atomic E-state index is 6.31. The highest BCUT2D eigenvalue weighted by molar-refractivity contribution is 5.26. The van der Waals surface area contributed by atoms with Gasteiger partial charge >= 0.3 is 0 Å². The molecule has 2 aliphatic rings. The lowest BCUT2D eigenvalue weighted by atomic mass is 9.77. The van der Waals surface area contributed by atoms with Crippen LogP contribution in [0.2, 0.25) is 0 Å². The fourth-order valence-electron chi connectivity index (χ4n) is 4.40. The highest BCUT2D eigenvalue weighted by Gasteiger charge is 2.31. The SMILES string of the molecule is C=CC1CCC(C2CCC(c3ccc(CCC)cc3)CO2)CC1. The highest BCUT2D eigenvalue weighted by atomic mass is 16.5. The van der Waals surface area contributed by atoms with Crippen LogP contribution in [0.5, 0.6) is 0 Å². The van der Waals surface area contributed by atoms with E-state index in [-0.39, 0.29) is 0 Å². The molecule has 1 saturated carbocycles. The summed E-state index contributed by atoms with van der Waals surface area (Å²) in [4.78, 5) is 0. The van der Waals surface area contributed by atoms with Gasteiger partial charge in [-0.05, 0) is 67.9 Å². The Balaban J connectivity index is 1.49. The summed E-state index contributed by atoms with van der Waals surface area (Å²) in [7, 11) is 0. The van der Waals surface area contributed by atoms with Crippen molar-refractivity contribution in [1.29, 1.82) is 0 Å². The summed E-state index contributed by atoms with van der Waals surface area (Å²) in [6.07, 6.45) is 12.9. The van der Waals surface area contributed by atoms with Gasteiger partial charge in [0.2, 0.25) is 0 Å². The summed E-state index contributed by atoms with van der Waals surface area (Å²) in [6.45, 7) is 7.11. The highest BCUT2D eigenvalue weighted by Crippen LogP contribution is 2.38. The molecule has 0 radical (unpaired) electrons. The zero-order valence-corrected chi connectivity index (χ0v) is 14.7. The molecule has 2 fully saturated rings. The predicted octanol–water partition coefficient (Wildman–Crippen LogP) is 5.89. The van der Waals surface area contributed by atoms with Crippen molar-refractivity contribution in [3.05, 3.63) is 48.0 Å². The van der Waals surface area contributed by atoms with E-state index in [9.17, 15) is 0 Å². The fourth-order valence-corrected chi connectivity index (χ4v) is 4.40. The van der Waals surface area contributed by atoms with Crippen molar-refractivity contribution in [2.75, 3.05) is 6.61 Å². The minimum atomic E-state index is 0.511. The summed E-state index contributed by atoms with van der Waals surface area (Å²) in [6, 6.07) is 9.27. The predicted molar refractivity (Wildman–Crippen MR) is 97.8 cm³/mol. The molecule has 1 heteroatoms. The minimum absolute atomic E-state index is 0.511. The van der Waals surface area contributed by atoms with E-state index in [1.54, 1.807) is 0 Å². The third-order valence-corrected chi connectivity index (χ3v) is 5.98. The zero-order chi connectivity index (χ0) is 16.1. The minimum Gasteiger partial charge on any atom is -0.377 e. The standard InChI is InChI=1S/C22H32O/c1-3-5-18-8-10-19(11-9-18)21-14-15-22(23-16-21)20-12-6-17(4-2)7-13-20/h4,8-11,17,20-22H,2-3,5-7,12-16H2,1H3. The lowest BCUT2D eigenvalue weighted by Gasteiger charge is -2.37. The third kappa shape index (κ3) is 4.26. The summed E-state index contributed by atoms with van der Waals surface area (Å²) < 4.78 is 6.31. The number of allylic oxidation sites excluding steroid dienone is 1. The molecule has 0 N–H and O–H groups in total. The maximum Gasteiger partial charge on any atom is 0.0603 e. The lowest BCUT2D eigenvalue weighted by Crippen LogP contribution is -2.33. The first-order chi connectivity index (χ1) is 11.3. The first-order valence-corrected chi connectivity index (χ1v) is 9.63. The average molecular weight is 312 g/mol. The second-order valence-corrected chi connectivity index (χ2v) is 7.55. The van der Waals surface area contributed by atoms with E-state index in [1.807, 2.05) is 0 Å². The van der Waals surface area contributed by atoms with E-state index in [1.165, 1.54) is 62.5 Å². The molecule has 1 aromatic rings.